The molecule has 3 aliphatic heterocycles. The lowest BCUT2D eigenvalue weighted by Gasteiger charge is -2.56. The van der Waals surface area contributed by atoms with Crippen LogP contribution in [0, 0.1) is 27.3 Å². The number of aromatic amines is 1. The maximum atomic E-state index is 16.5. The topological polar surface area (TPSA) is 192 Å². The Morgan fingerprint density at radius 2 is 1.84 bits per heavy atom. The number of anilines is 2. The number of aliphatic hydroxyl groups is 1. The van der Waals surface area contributed by atoms with Gasteiger partial charge in [0.1, 0.15) is 27.9 Å². The predicted molar refractivity (Wildman–Crippen MR) is 257 cm³/mol. The van der Waals surface area contributed by atoms with Crippen LogP contribution in [-0.2, 0) is 16.4 Å². The molecular weight excluding hydrogens is 890 g/mol. The number of aromatic nitrogens is 2. The number of fused-ring (bicyclic) bond motifs is 2. The fourth-order valence-electron chi connectivity index (χ4n) is 11.7. The molecule has 10 rings (SSSR count). The van der Waals surface area contributed by atoms with Gasteiger partial charge in [0.2, 0.25) is 0 Å². The molecule has 5 aliphatic rings. The Morgan fingerprint density at radius 3 is 2.59 bits per heavy atom. The normalized spacial score (nSPS) is 22.8. The summed E-state index contributed by atoms with van der Waals surface area (Å²) in [4.78, 5) is 37.7. The van der Waals surface area contributed by atoms with Crippen LogP contribution >= 0.6 is 0 Å². The first-order chi connectivity index (χ1) is 32.6. The van der Waals surface area contributed by atoms with Gasteiger partial charge in [0, 0.05) is 67.4 Å². The van der Waals surface area contributed by atoms with Crippen molar-refractivity contribution in [3.05, 3.63) is 105 Å². The van der Waals surface area contributed by atoms with E-state index in [2.05, 4.69) is 63.0 Å². The van der Waals surface area contributed by atoms with Gasteiger partial charge in [-0.1, -0.05) is 38.1 Å². The van der Waals surface area contributed by atoms with E-state index in [-0.39, 0.29) is 64.1 Å². The smallest absolute Gasteiger partial charge is 0.297 e. The zero-order valence-electron chi connectivity index (χ0n) is 38.9. The van der Waals surface area contributed by atoms with Crippen LogP contribution in [0.2, 0.25) is 0 Å². The average molecular weight is 950 g/mol. The minimum absolute atomic E-state index is 0.0373. The van der Waals surface area contributed by atoms with Gasteiger partial charge in [-0.3, -0.25) is 19.8 Å². The summed E-state index contributed by atoms with van der Waals surface area (Å²) in [7, 11) is -4.80. The summed E-state index contributed by atoms with van der Waals surface area (Å²) in [5, 5.41) is 26.8. The van der Waals surface area contributed by atoms with Gasteiger partial charge >= 0.3 is 0 Å². The maximum Gasteiger partial charge on any atom is 0.297 e. The number of H-pyrrole nitrogens is 1. The number of likely N-dealkylation sites (tertiary alicyclic amines) is 1. The van der Waals surface area contributed by atoms with Crippen molar-refractivity contribution in [1.82, 2.24) is 19.6 Å². The monoisotopic (exact) mass is 949 g/mol. The van der Waals surface area contributed by atoms with Gasteiger partial charge in [-0.05, 0) is 124 Å². The van der Waals surface area contributed by atoms with Gasteiger partial charge in [-0.15, -0.1) is 0 Å². The number of hydrogen-bond donors (Lipinski definition) is 4. The first kappa shape index (κ1) is 46.0. The number of piperidine rings is 1. The molecule has 360 valence electrons. The molecule has 15 nitrogen and oxygen atoms in total. The number of ether oxygens (including phenoxy) is 2. The van der Waals surface area contributed by atoms with Crippen LogP contribution < -0.4 is 24.4 Å². The zero-order valence-corrected chi connectivity index (χ0v) is 39.7. The summed E-state index contributed by atoms with van der Waals surface area (Å²) in [5.41, 5.74) is 2.48. The highest BCUT2D eigenvalue weighted by Crippen LogP contribution is 2.55. The third kappa shape index (κ3) is 8.88. The van der Waals surface area contributed by atoms with Crippen molar-refractivity contribution in [1.29, 1.82) is 0 Å². The number of nitro benzene ring substituents is 1. The van der Waals surface area contributed by atoms with Crippen molar-refractivity contribution >= 4 is 44.0 Å². The van der Waals surface area contributed by atoms with Gasteiger partial charge in [0.25, 0.3) is 21.6 Å². The van der Waals surface area contributed by atoms with Gasteiger partial charge in [-0.25, -0.2) is 22.5 Å². The molecule has 3 aromatic carbocycles. The van der Waals surface area contributed by atoms with E-state index in [9.17, 15) is 28.4 Å². The second-order valence-electron chi connectivity index (χ2n) is 20.4. The zero-order chi connectivity index (χ0) is 47.5. The fraction of sp³-hybridized carbons (Fsp3) is 0.490. The fourth-order valence-corrected chi connectivity index (χ4v) is 13.0. The number of nitrogens with zero attached hydrogens (tertiary/aromatic N) is 4. The molecule has 17 heteroatoms. The Hall–Kier alpha value is -5.78. The molecule has 2 saturated carbocycles. The van der Waals surface area contributed by atoms with E-state index in [1.54, 1.807) is 25.3 Å². The van der Waals surface area contributed by atoms with Crippen LogP contribution in [0.4, 0.5) is 21.5 Å². The molecule has 0 radical (unpaired) electrons. The number of carbonyl (C=O) groups is 1. The first-order valence-corrected chi connectivity index (χ1v) is 25.6. The Labute approximate surface area is 396 Å². The molecule has 5 heterocycles. The number of nitro groups is 1. The number of hydrogen-bond acceptors (Lipinski definition) is 12. The summed E-state index contributed by atoms with van der Waals surface area (Å²) >= 11 is 0. The molecule has 2 aliphatic carbocycles. The number of nitrogens with one attached hydrogen (secondary N) is 3. The largest absolute Gasteiger partial charge is 0.490 e. The van der Waals surface area contributed by atoms with E-state index < -0.39 is 42.9 Å². The van der Waals surface area contributed by atoms with Gasteiger partial charge in [0.15, 0.2) is 11.4 Å². The number of sulfonamides is 1. The standard InChI is InChI=1S/C51H60FN7O8S/c1-31(2)36-7-4-5-8-37(36)41-9-6-19-58(41)34-27-51(28-34)16-20-57(21-17-51)42-25-44(67-35-23-33-12-18-53-48(33)55-30-35)39(24-40(42)52)49(60)56-68(64,65)45-26-43(59(62)63)46(47-38(45)13-22-66-47)54-29-32-10-14-50(3,61)15-11-32/h4-5,7-8,12,18,23-26,30-32,34,41,54,61H,6,9-11,13-17,19-22,27-29H2,1-3H3,(H,53,55)(H,56,60)/t32?,41-,50?/m0/s1. The van der Waals surface area contributed by atoms with Crippen LogP contribution in [0.5, 0.6) is 17.2 Å². The number of benzene rings is 3. The Morgan fingerprint density at radius 1 is 1.07 bits per heavy atom. The van der Waals surface area contributed by atoms with Crippen molar-refractivity contribution in [3.8, 4) is 17.2 Å². The average Bonchev–Trinajstić information content (AvgIpc) is 4.10. The van der Waals surface area contributed by atoms with Crippen molar-refractivity contribution in [2.75, 3.05) is 43.0 Å². The Balaban J connectivity index is 0.883. The Bertz CT molecular complexity index is 2860. The van der Waals surface area contributed by atoms with Crippen LogP contribution in [0.15, 0.2) is 71.9 Å². The molecule has 2 saturated heterocycles. The second-order valence-corrected chi connectivity index (χ2v) is 22.1. The van der Waals surface area contributed by atoms with Crippen LogP contribution in [0.3, 0.4) is 0 Å². The number of rotatable bonds is 13. The molecule has 1 spiro atoms. The maximum absolute atomic E-state index is 16.5. The molecule has 1 atom stereocenters. The predicted octanol–water partition coefficient (Wildman–Crippen LogP) is 9.52. The lowest BCUT2D eigenvalue weighted by Crippen LogP contribution is -2.55. The molecular formula is C51H60FN7O8S. The highest BCUT2D eigenvalue weighted by Gasteiger charge is 2.50. The lowest BCUT2D eigenvalue weighted by atomic mass is 9.59. The molecule has 68 heavy (non-hydrogen) atoms. The number of halogens is 1. The van der Waals surface area contributed by atoms with E-state index in [1.807, 2.05) is 4.90 Å². The van der Waals surface area contributed by atoms with E-state index in [1.165, 1.54) is 29.8 Å². The summed E-state index contributed by atoms with van der Waals surface area (Å²) < 4.78 is 59.2. The number of amides is 1. The quantitative estimate of drug-likeness (QED) is 0.0647. The molecule has 1 amide bonds. The SMILES string of the molecule is CC(C)c1ccccc1[C@@H]1CCCN1C1CC2(CCN(c3cc(Oc4cnc5[nH]ccc5c4)c(C(=O)NS(=O)(=O)c4cc([N+](=O)[O-])c(NCC5CCC(C)(O)CC5)c5c4CCO5)cc3F)CC2)C1. The van der Waals surface area contributed by atoms with Crippen molar-refractivity contribution in [2.45, 2.75) is 120 Å². The van der Waals surface area contributed by atoms with E-state index >= 15 is 4.39 Å². The molecule has 0 unspecified atom stereocenters. The van der Waals surface area contributed by atoms with Crippen LogP contribution in [0.25, 0.3) is 11.0 Å². The summed E-state index contributed by atoms with van der Waals surface area (Å²) in [5.74, 6) is -1.11. The summed E-state index contributed by atoms with van der Waals surface area (Å²) in [6.07, 6.45) is 12.2. The van der Waals surface area contributed by atoms with Crippen molar-refractivity contribution in [2.24, 2.45) is 11.3 Å². The van der Waals surface area contributed by atoms with Crippen LogP contribution in [-0.4, -0.2) is 83.7 Å². The van der Waals surface area contributed by atoms with Gasteiger partial charge in [0.05, 0.1) is 34.6 Å². The van der Waals surface area contributed by atoms with Gasteiger partial charge < -0.3 is 29.8 Å². The van der Waals surface area contributed by atoms with E-state index in [0.29, 0.717) is 69.0 Å². The molecule has 4 fully saturated rings. The van der Waals surface area contributed by atoms with E-state index in [4.69, 9.17) is 9.47 Å². The molecule has 4 N–H and O–H groups in total. The van der Waals surface area contributed by atoms with Gasteiger partial charge in [-0.2, -0.15) is 0 Å². The third-order valence-corrected chi connectivity index (χ3v) is 16.9. The number of pyridine rings is 1. The minimum Gasteiger partial charge on any atom is -0.490 e. The van der Waals surface area contributed by atoms with Crippen molar-refractivity contribution < 1.29 is 37.1 Å². The number of carbonyl (C=O) groups excluding carboxylic acids is 1. The molecule has 5 aromatic rings. The highest BCUT2D eigenvalue weighted by atomic mass is 32.2. The molecule has 0 bridgehead atoms. The second kappa shape index (κ2) is 17.9. The minimum atomic E-state index is -4.80. The van der Waals surface area contributed by atoms with Crippen LogP contribution in [0.1, 0.15) is 124 Å². The Kier molecular flexibility index (Phi) is 12.1. The highest BCUT2D eigenvalue weighted by molar-refractivity contribution is 7.90. The summed E-state index contributed by atoms with van der Waals surface area (Å²) in [6, 6.07) is 16.7. The third-order valence-electron chi connectivity index (χ3n) is 15.5. The summed E-state index contributed by atoms with van der Waals surface area (Å²) in [6.45, 7) is 9.04. The first-order valence-electron chi connectivity index (χ1n) is 24.1. The van der Waals surface area contributed by atoms with Crippen molar-refractivity contribution in [3.63, 3.8) is 0 Å². The lowest BCUT2D eigenvalue weighted by molar-refractivity contribution is -0.384. The molecule has 2 aromatic heterocycles. The van der Waals surface area contributed by atoms with E-state index in [0.717, 1.165) is 56.2 Å².